The van der Waals surface area contributed by atoms with E-state index < -0.39 is 35.2 Å². The zero-order valence-electron chi connectivity index (χ0n) is 20.8. The molecule has 1 aliphatic rings. The van der Waals surface area contributed by atoms with Crippen molar-refractivity contribution in [2.45, 2.75) is 31.5 Å². The maximum Gasteiger partial charge on any atom is 0.411 e. The number of hydrogen-bond donors (Lipinski definition) is 1. The molecule has 210 valence electrons. The maximum atomic E-state index is 13.3. The van der Waals surface area contributed by atoms with Crippen molar-refractivity contribution in [3.8, 4) is 0 Å². The van der Waals surface area contributed by atoms with Gasteiger partial charge in [-0.1, -0.05) is 41.4 Å². The van der Waals surface area contributed by atoms with Gasteiger partial charge in [-0.25, -0.2) is 8.42 Å². The van der Waals surface area contributed by atoms with Crippen molar-refractivity contribution in [3.05, 3.63) is 63.6 Å². The first-order valence-electron chi connectivity index (χ1n) is 12.0. The normalized spacial score (nSPS) is 15.4. The molecule has 0 saturated carbocycles. The van der Waals surface area contributed by atoms with Crippen molar-refractivity contribution >= 4 is 44.8 Å². The Kier molecular flexibility index (Phi) is 10.7. The summed E-state index contributed by atoms with van der Waals surface area (Å²) in [5.41, 5.74) is 1.68. The number of nitrogens with one attached hydrogen (secondary N) is 1. The molecule has 0 bridgehead atoms. The molecule has 13 heteroatoms. The third kappa shape index (κ3) is 9.60. The van der Waals surface area contributed by atoms with Crippen LogP contribution in [0.2, 0.25) is 10.0 Å². The van der Waals surface area contributed by atoms with Crippen LogP contribution in [0.1, 0.15) is 30.0 Å². The minimum absolute atomic E-state index is 0.105. The predicted octanol–water partition coefficient (Wildman–Crippen LogP) is 5.15. The number of carbonyl (C=O) groups is 1. The third-order valence-electron chi connectivity index (χ3n) is 6.14. The van der Waals surface area contributed by atoms with Crippen LogP contribution in [0.4, 0.5) is 18.9 Å². The van der Waals surface area contributed by atoms with Crippen LogP contribution in [0, 0.1) is 0 Å². The number of nitrogens with zero attached hydrogens (tertiary/aromatic N) is 2. The van der Waals surface area contributed by atoms with Gasteiger partial charge in [0.1, 0.15) is 6.61 Å². The van der Waals surface area contributed by atoms with E-state index in [-0.39, 0.29) is 24.1 Å². The molecule has 3 rings (SSSR count). The first-order valence-corrected chi connectivity index (χ1v) is 14.4. The van der Waals surface area contributed by atoms with Crippen LogP contribution in [0.3, 0.4) is 0 Å². The summed E-state index contributed by atoms with van der Waals surface area (Å²) in [5.74, 6) is -0.785. The summed E-state index contributed by atoms with van der Waals surface area (Å²) in [4.78, 5) is 17.1. The largest absolute Gasteiger partial charge is 0.411 e. The summed E-state index contributed by atoms with van der Waals surface area (Å²) in [5, 5.41) is 0.756. The fourth-order valence-corrected chi connectivity index (χ4v) is 5.43. The van der Waals surface area contributed by atoms with Crippen LogP contribution in [-0.4, -0.2) is 75.9 Å². The monoisotopic (exact) mass is 595 g/mol. The summed E-state index contributed by atoms with van der Waals surface area (Å²) >= 11 is 12.1. The highest BCUT2D eigenvalue weighted by Gasteiger charge is 2.28. The zero-order chi connectivity index (χ0) is 27.9. The van der Waals surface area contributed by atoms with Crippen LogP contribution in [0.25, 0.3) is 0 Å². The molecule has 2 aromatic rings. The van der Waals surface area contributed by atoms with Gasteiger partial charge >= 0.3 is 6.18 Å². The average molecular weight is 596 g/mol. The molecule has 0 radical (unpaired) electrons. The van der Waals surface area contributed by atoms with E-state index in [1.165, 1.54) is 0 Å². The summed E-state index contributed by atoms with van der Waals surface area (Å²) in [6.07, 6.45) is -2.30. The van der Waals surface area contributed by atoms with Gasteiger partial charge in [0.15, 0.2) is 0 Å². The summed E-state index contributed by atoms with van der Waals surface area (Å²) in [6.45, 7) is 0.243. The number of likely N-dealkylation sites (N-methyl/N-ethyl adjacent to an activating group) is 1. The molecule has 0 aromatic heterocycles. The van der Waals surface area contributed by atoms with Gasteiger partial charge in [-0.15, -0.1) is 0 Å². The zero-order valence-corrected chi connectivity index (χ0v) is 23.1. The van der Waals surface area contributed by atoms with Gasteiger partial charge in [0, 0.05) is 19.3 Å². The van der Waals surface area contributed by atoms with Crippen molar-refractivity contribution in [2.24, 2.45) is 0 Å². The Labute approximate surface area is 230 Å². The average Bonchev–Trinajstić information content (AvgIpc) is 3.35. The van der Waals surface area contributed by atoms with E-state index in [4.69, 9.17) is 23.2 Å². The van der Waals surface area contributed by atoms with Gasteiger partial charge in [0.05, 0.1) is 34.9 Å². The first-order chi connectivity index (χ1) is 17.8. The van der Waals surface area contributed by atoms with E-state index >= 15 is 0 Å². The molecule has 2 aromatic carbocycles. The molecule has 1 N–H and O–H groups in total. The van der Waals surface area contributed by atoms with Gasteiger partial charge < -0.3 is 14.5 Å². The van der Waals surface area contributed by atoms with Gasteiger partial charge in [-0.05, 0) is 61.3 Å². The van der Waals surface area contributed by atoms with Gasteiger partial charge in [-0.3, -0.25) is 9.52 Å². The number of benzene rings is 2. The lowest BCUT2D eigenvalue weighted by atomic mass is 10.0. The maximum absolute atomic E-state index is 13.3. The number of sulfonamides is 1. The molecular formula is C25H30Cl2F3N3O4S. The molecule has 1 amide bonds. The highest BCUT2D eigenvalue weighted by molar-refractivity contribution is 7.92. The van der Waals surface area contributed by atoms with Crippen molar-refractivity contribution in [3.63, 3.8) is 0 Å². The highest BCUT2D eigenvalue weighted by atomic mass is 35.5. The van der Waals surface area contributed by atoms with Crippen LogP contribution in [0.5, 0.6) is 0 Å². The van der Waals surface area contributed by atoms with Gasteiger partial charge in [0.2, 0.25) is 15.9 Å². The van der Waals surface area contributed by atoms with E-state index in [2.05, 4.69) is 14.4 Å². The Balaban J connectivity index is 1.74. The molecular weight excluding hydrogens is 566 g/mol. The van der Waals surface area contributed by atoms with Crippen molar-refractivity contribution in [1.82, 2.24) is 9.80 Å². The standard InChI is InChI=1S/C25H30Cl2F3N3O4S/c1-32(24(34)14-18-7-8-21(26)22(27)13-18)23(16-33-9-2-3-10-33)19-5-4-6-20(15-19)31-38(35,36)12-11-37-17-25(28,29)30/h4-8,13,15,23,31H,2-3,9-12,14,16-17H2,1H3. The molecule has 1 heterocycles. The number of alkyl halides is 3. The Morgan fingerprint density at radius 1 is 1.13 bits per heavy atom. The van der Waals surface area contributed by atoms with E-state index in [0.717, 1.165) is 31.5 Å². The topological polar surface area (TPSA) is 79.0 Å². The smallest absolute Gasteiger partial charge is 0.371 e. The number of anilines is 1. The van der Waals surface area contributed by atoms with Crippen LogP contribution < -0.4 is 4.72 Å². The summed E-state index contributed by atoms with van der Waals surface area (Å²) in [6, 6.07) is 11.3. The van der Waals surface area contributed by atoms with Crippen molar-refractivity contribution < 1.29 is 31.1 Å². The Bertz CT molecular complexity index is 1210. The van der Waals surface area contributed by atoms with Crippen LogP contribution in [-0.2, 0) is 26.0 Å². The quantitative estimate of drug-likeness (QED) is 0.343. The number of carbonyl (C=O) groups excluding carboxylic acids is 1. The van der Waals surface area contributed by atoms with Crippen molar-refractivity contribution in [2.75, 3.05) is 50.4 Å². The first kappa shape index (κ1) is 30.5. The van der Waals surface area contributed by atoms with E-state index in [1.54, 1.807) is 48.3 Å². The predicted molar refractivity (Wildman–Crippen MR) is 142 cm³/mol. The second kappa shape index (κ2) is 13.3. The lowest BCUT2D eigenvalue weighted by Crippen LogP contribution is -2.39. The highest BCUT2D eigenvalue weighted by Crippen LogP contribution is 2.28. The number of ether oxygens (including phenoxy) is 1. The SMILES string of the molecule is CN(C(=O)Cc1ccc(Cl)c(Cl)c1)C(CN1CCCC1)c1cccc(NS(=O)(=O)CCOCC(F)(F)F)c1. The molecule has 1 aliphatic heterocycles. The number of likely N-dealkylation sites (tertiary alicyclic amines) is 1. The molecule has 7 nitrogen and oxygen atoms in total. The Morgan fingerprint density at radius 2 is 1.84 bits per heavy atom. The van der Waals surface area contributed by atoms with Gasteiger partial charge in [-0.2, -0.15) is 13.2 Å². The summed E-state index contributed by atoms with van der Waals surface area (Å²) in [7, 11) is -2.25. The molecule has 1 atom stereocenters. The lowest BCUT2D eigenvalue weighted by molar-refractivity contribution is -0.172. The minimum Gasteiger partial charge on any atom is -0.371 e. The van der Waals surface area contributed by atoms with Crippen molar-refractivity contribution in [1.29, 1.82) is 0 Å². The second-order valence-corrected chi connectivity index (χ2v) is 11.8. The summed E-state index contributed by atoms with van der Waals surface area (Å²) < 4.78 is 68.3. The third-order valence-corrected chi connectivity index (χ3v) is 8.13. The molecule has 0 aliphatic carbocycles. The molecule has 1 fully saturated rings. The Hall–Kier alpha value is -2.05. The number of amides is 1. The Morgan fingerprint density at radius 3 is 2.50 bits per heavy atom. The van der Waals surface area contributed by atoms with Crippen LogP contribution in [0.15, 0.2) is 42.5 Å². The number of rotatable bonds is 12. The van der Waals surface area contributed by atoms with Gasteiger partial charge in [0.25, 0.3) is 0 Å². The molecule has 0 spiro atoms. The molecule has 38 heavy (non-hydrogen) atoms. The minimum atomic E-state index is -4.53. The van der Waals surface area contributed by atoms with E-state index in [1.807, 2.05) is 6.07 Å². The van der Waals surface area contributed by atoms with E-state index in [9.17, 15) is 26.4 Å². The van der Waals surface area contributed by atoms with E-state index in [0.29, 0.717) is 22.2 Å². The molecule has 1 unspecified atom stereocenters. The second-order valence-electron chi connectivity index (χ2n) is 9.17. The number of hydrogen-bond acceptors (Lipinski definition) is 5. The van der Waals surface area contributed by atoms with Crippen LogP contribution >= 0.6 is 23.2 Å². The lowest BCUT2D eigenvalue weighted by Gasteiger charge is -2.32. The number of halogens is 5. The molecule has 1 saturated heterocycles. The fraction of sp³-hybridized carbons (Fsp3) is 0.480. The fourth-order valence-electron chi connectivity index (χ4n) is 4.18.